The molecule has 0 bridgehead atoms. The largest absolute Gasteiger partial charge is 0.481 e. The number of carboxylic acids is 1. The van der Waals surface area contributed by atoms with E-state index >= 15 is 0 Å². The SMILES string of the molecule is CCCCCNC(=O)Nc1cccc(N2CC(C(=O)NC(CC(=O)O)c3cccnc3)CC2=O)c1. The lowest BCUT2D eigenvalue weighted by Gasteiger charge is -2.20. The first kappa shape index (κ1) is 25.7. The van der Waals surface area contributed by atoms with Crippen molar-refractivity contribution < 1.29 is 24.3 Å². The molecule has 1 aromatic carbocycles. The monoisotopic (exact) mass is 481 g/mol. The Morgan fingerprint density at radius 1 is 1.20 bits per heavy atom. The molecule has 1 aromatic heterocycles. The third kappa shape index (κ3) is 7.53. The minimum atomic E-state index is -1.05. The average Bonchev–Trinajstić information content (AvgIpc) is 3.23. The van der Waals surface area contributed by atoms with Crippen molar-refractivity contribution in [2.24, 2.45) is 5.92 Å². The van der Waals surface area contributed by atoms with Crippen LogP contribution < -0.4 is 20.9 Å². The molecule has 0 aliphatic carbocycles. The Labute approximate surface area is 204 Å². The van der Waals surface area contributed by atoms with E-state index in [0.717, 1.165) is 19.3 Å². The first-order valence-electron chi connectivity index (χ1n) is 11.7. The van der Waals surface area contributed by atoms with Gasteiger partial charge in [-0.3, -0.25) is 19.4 Å². The lowest BCUT2D eigenvalue weighted by atomic mass is 10.0. The van der Waals surface area contributed by atoms with Crippen LogP contribution in [0.2, 0.25) is 0 Å². The Morgan fingerprint density at radius 2 is 2.03 bits per heavy atom. The molecule has 1 aliphatic rings. The number of urea groups is 1. The maximum absolute atomic E-state index is 12.9. The molecule has 0 spiro atoms. The molecule has 0 radical (unpaired) electrons. The Hall–Kier alpha value is -3.95. The van der Waals surface area contributed by atoms with E-state index in [0.29, 0.717) is 23.5 Å². The number of benzene rings is 1. The van der Waals surface area contributed by atoms with Crippen molar-refractivity contribution in [2.75, 3.05) is 23.3 Å². The molecule has 4 N–H and O–H groups in total. The molecule has 1 fully saturated rings. The van der Waals surface area contributed by atoms with Crippen molar-refractivity contribution in [3.63, 3.8) is 0 Å². The maximum atomic E-state index is 12.9. The molecule has 2 atom stereocenters. The van der Waals surface area contributed by atoms with Crippen LogP contribution in [0, 0.1) is 5.92 Å². The molecule has 1 aliphatic heterocycles. The van der Waals surface area contributed by atoms with E-state index in [4.69, 9.17) is 0 Å². The van der Waals surface area contributed by atoms with Crippen LogP contribution in [0.4, 0.5) is 16.2 Å². The summed E-state index contributed by atoms with van der Waals surface area (Å²) in [5, 5.41) is 17.6. The molecule has 186 valence electrons. The zero-order valence-electron chi connectivity index (χ0n) is 19.7. The molecule has 10 nitrogen and oxygen atoms in total. The van der Waals surface area contributed by atoms with Crippen LogP contribution in [0.3, 0.4) is 0 Å². The molecular weight excluding hydrogens is 450 g/mol. The first-order valence-corrected chi connectivity index (χ1v) is 11.7. The summed E-state index contributed by atoms with van der Waals surface area (Å²) < 4.78 is 0. The van der Waals surface area contributed by atoms with Crippen molar-refractivity contribution in [3.05, 3.63) is 54.4 Å². The summed E-state index contributed by atoms with van der Waals surface area (Å²) in [7, 11) is 0. The maximum Gasteiger partial charge on any atom is 0.319 e. The number of unbranched alkanes of at least 4 members (excludes halogenated alkanes) is 2. The van der Waals surface area contributed by atoms with Crippen molar-refractivity contribution in [3.8, 4) is 0 Å². The normalized spacial score (nSPS) is 16.0. The number of hydrogen-bond donors (Lipinski definition) is 4. The number of aromatic nitrogens is 1. The second-order valence-electron chi connectivity index (χ2n) is 8.49. The molecule has 2 unspecified atom stereocenters. The Morgan fingerprint density at radius 3 is 2.74 bits per heavy atom. The fourth-order valence-electron chi connectivity index (χ4n) is 3.94. The van der Waals surface area contributed by atoms with Crippen LogP contribution in [0.1, 0.15) is 50.6 Å². The standard InChI is InChI=1S/C25H31N5O5/c1-2-3-4-11-27-25(35)28-19-8-5-9-20(13-19)30-16-18(12-22(30)31)24(34)29-21(14-23(32)33)17-7-6-10-26-15-17/h5-10,13,15,18,21H,2-4,11-12,14,16H2,1H3,(H,29,34)(H,32,33)(H2,27,28,35). The van der Waals surface area contributed by atoms with Crippen LogP contribution in [-0.4, -0.2) is 47.0 Å². The van der Waals surface area contributed by atoms with Gasteiger partial charge in [-0.25, -0.2) is 4.79 Å². The number of nitrogens with one attached hydrogen (secondary N) is 3. The number of rotatable bonds is 11. The van der Waals surface area contributed by atoms with Gasteiger partial charge >= 0.3 is 12.0 Å². The van der Waals surface area contributed by atoms with E-state index in [1.165, 1.54) is 11.1 Å². The predicted molar refractivity (Wildman–Crippen MR) is 131 cm³/mol. The summed E-state index contributed by atoms with van der Waals surface area (Å²) in [4.78, 5) is 54.5. The number of carboxylic acid groups (broad SMARTS) is 1. The Kier molecular flexibility index (Phi) is 9.16. The van der Waals surface area contributed by atoms with Gasteiger partial charge in [-0.2, -0.15) is 0 Å². The van der Waals surface area contributed by atoms with Crippen LogP contribution in [0.15, 0.2) is 48.8 Å². The molecule has 10 heteroatoms. The van der Waals surface area contributed by atoms with Crippen LogP contribution in [0.5, 0.6) is 0 Å². The molecule has 2 heterocycles. The van der Waals surface area contributed by atoms with Gasteiger partial charge in [0, 0.05) is 43.3 Å². The number of nitrogens with zero attached hydrogens (tertiary/aromatic N) is 2. The summed E-state index contributed by atoms with van der Waals surface area (Å²) >= 11 is 0. The second-order valence-corrected chi connectivity index (χ2v) is 8.49. The second kappa shape index (κ2) is 12.5. The topological polar surface area (TPSA) is 141 Å². The summed E-state index contributed by atoms with van der Waals surface area (Å²) in [6, 6.07) is 9.19. The van der Waals surface area contributed by atoms with E-state index in [1.54, 1.807) is 42.6 Å². The van der Waals surface area contributed by atoms with Crippen LogP contribution in [-0.2, 0) is 14.4 Å². The minimum absolute atomic E-state index is 0.00817. The highest BCUT2D eigenvalue weighted by Crippen LogP contribution is 2.28. The number of amides is 4. The number of carbonyl (C=O) groups is 4. The van der Waals surface area contributed by atoms with Gasteiger partial charge in [0.15, 0.2) is 0 Å². The predicted octanol–water partition coefficient (Wildman–Crippen LogP) is 3.08. The zero-order chi connectivity index (χ0) is 25.2. The molecule has 3 rings (SSSR count). The lowest BCUT2D eigenvalue weighted by molar-refractivity contribution is -0.138. The smallest absolute Gasteiger partial charge is 0.319 e. The van der Waals surface area contributed by atoms with Gasteiger partial charge in [0.25, 0.3) is 0 Å². The van der Waals surface area contributed by atoms with E-state index in [1.807, 2.05) is 0 Å². The van der Waals surface area contributed by atoms with Gasteiger partial charge in [0.1, 0.15) is 0 Å². The Bertz CT molecular complexity index is 1050. The highest BCUT2D eigenvalue weighted by atomic mass is 16.4. The van der Waals surface area contributed by atoms with Gasteiger partial charge < -0.3 is 26.0 Å². The fourth-order valence-corrected chi connectivity index (χ4v) is 3.94. The first-order chi connectivity index (χ1) is 16.9. The van der Waals surface area contributed by atoms with Crippen molar-refractivity contribution in [1.82, 2.24) is 15.6 Å². The number of anilines is 2. The molecule has 1 saturated heterocycles. The van der Waals surface area contributed by atoms with E-state index in [9.17, 15) is 24.3 Å². The van der Waals surface area contributed by atoms with Crippen LogP contribution >= 0.6 is 0 Å². The van der Waals surface area contributed by atoms with Gasteiger partial charge in [-0.15, -0.1) is 0 Å². The molecule has 4 amide bonds. The number of aliphatic carboxylic acids is 1. The van der Waals surface area contributed by atoms with Gasteiger partial charge in [-0.1, -0.05) is 31.9 Å². The fraction of sp³-hybridized carbons (Fsp3) is 0.400. The lowest BCUT2D eigenvalue weighted by Crippen LogP contribution is -2.36. The average molecular weight is 482 g/mol. The number of pyridine rings is 1. The van der Waals surface area contributed by atoms with Crippen molar-refractivity contribution in [1.29, 1.82) is 0 Å². The van der Waals surface area contributed by atoms with E-state index < -0.39 is 23.8 Å². The molecule has 2 aromatic rings. The third-order valence-corrected chi connectivity index (χ3v) is 5.76. The van der Waals surface area contributed by atoms with E-state index in [2.05, 4.69) is 27.9 Å². The quantitative estimate of drug-likeness (QED) is 0.364. The molecule has 0 saturated carbocycles. The van der Waals surface area contributed by atoms with Gasteiger partial charge in [0.2, 0.25) is 11.8 Å². The molecular formula is C25H31N5O5. The summed E-state index contributed by atoms with van der Waals surface area (Å²) in [5.41, 5.74) is 1.69. The summed E-state index contributed by atoms with van der Waals surface area (Å²) in [6.45, 7) is 2.83. The summed E-state index contributed by atoms with van der Waals surface area (Å²) in [6.07, 6.45) is 5.81. The van der Waals surface area contributed by atoms with Gasteiger partial charge in [-0.05, 0) is 36.2 Å². The van der Waals surface area contributed by atoms with E-state index in [-0.39, 0.29) is 31.3 Å². The van der Waals surface area contributed by atoms with Crippen molar-refractivity contribution in [2.45, 2.75) is 45.1 Å². The summed E-state index contributed by atoms with van der Waals surface area (Å²) in [5.74, 6) is -2.30. The van der Waals surface area contributed by atoms with Gasteiger partial charge in [0.05, 0.1) is 18.4 Å². The minimum Gasteiger partial charge on any atom is -0.481 e. The van der Waals surface area contributed by atoms with Crippen LogP contribution in [0.25, 0.3) is 0 Å². The highest BCUT2D eigenvalue weighted by molar-refractivity contribution is 6.01. The third-order valence-electron chi connectivity index (χ3n) is 5.76. The van der Waals surface area contributed by atoms with Crippen molar-refractivity contribution >= 4 is 35.2 Å². The Balaban J connectivity index is 1.62. The number of hydrogen-bond acceptors (Lipinski definition) is 5. The number of carbonyl (C=O) groups excluding carboxylic acids is 3. The zero-order valence-corrected chi connectivity index (χ0v) is 19.7. The highest BCUT2D eigenvalue weighted by Gasteiger charge is 2.36. The molecule has 35 heavy (non-hydrogen) atoms.